The highest BCUT2D eigenvalue weighted by Crippen LogP contribution is 2.35. The highest BCUT2D eigenvalue weighted by atomic mass is 16.6. The molecule has 0 aliphatic carbocycles. The van der Waals surface area contributed by atoms with Gasteiger partial charge in [-0.15, -0.1) is 0 Å². The molecule has 0 unspecified atom stereocenters. The minimum absolute atomic E-state index is 0.114. The van der Waals surface area contributed by atoms with Gasteiger partial charge in [-0.3, -0.25) is 14.9 Å². The maximum atomic E-state index is 11.1. The van der Waals surface area contributed by atoms with Gasteiger partial charge in [0.15, 0.2) is 0 Å². The molecule has 0 aliphatic rings. The zero-order valence-corrected chi connectivity index (χ0v) is 11.5. The SMILES string of the molecule is COc1ccc(Oc2ccc(C=O)cc2C)c([N+](=O)[O-])c1. The van der Waals surface area contributed by atoms with Crippen LogP contribution in [0.15, 0.2) is 36.4 Å². The summed E-state index contributed by atoms with van der Waals surface area (Å²) in [6.07, 6.45) is 0.729. The normalized spacial score (nSPS) is 10.0. The number of hydrogen-bond acceptors (Lipinski definition) is 5. The zero-order valence-electron chi connectivity index (χ0n) is 11.5. The average molecular weight is 287 g/mol. The summed E-state index contributed by atoms with van der Waals surface area (Å²) in [7, 11) is 1.43. The van der Waals surface area contributed by atoms with Gasteiger partial charge in [-0.2, -0.15) is 0 Å². The zero-order chi connectivity index (χ0) is 15.4. The van der Waals surface area contributed by atoms with Crippen LogP contribution in [0.4, 0.5) is 5.69 Å². The number of aryl methyl sites for hydroxylation is 1. The molecule has 0 spiro atoms. The maximum Gasteiger partial charge on any atom is 0.315 e. The fourth-order valence-electron chi connectivity index (χ4n) is 1.83. The Morgan fingerprint density at radius 1 is 1.14 bits per heavy atom. The lowest BCUT2D eigenvalue weighted by molar-refractivity contribution is -0.385. The van der Waals surface area contributed by atoms with Gasteiger partial charge in [0.05, 0.1) is 18.1 Å². The fraction of sp³-hybridized carbons (Fsp3) is 0.133. The average Bonchev–Trinajstić information content (AvgIpc) is 2.49. The molecule has 0 aromatic heterocycles. The molecule has 0 atom stereocenters. The second kappa shape index (κ2) is 6.04. The van der Waals surface area contributed by atoms with E-state index >= 15 is 0 Å². The van der Waals surface area contributed by atoms with Crippen molar-refractivity contribution in [3.05, 3.63) is 57.6 Å². The summed E-state index contributed by atoms with van der Waals surface area (Å²) in [5.74, 6) is 0.943. The fourth-order valence-corrected chi connectivity index (χ4v) is 1.83. The van der Waals surface area contributed by atoms with Crippen LogP contribution in [0.1, 0.15) is 15.9 Å². The van der Waals surface area contributed by atoms with Crippen LogP contribution in [0, 0.1) is 17.0 Å². The van der Waals surface area contributed by atoms with Crippen molar-refractivity contribution in [1.29, 1.82) is 0 Å². The van der Waals surface area contributed by atoms with E-state index in [2.05, 4.69) is 0 Å². The molecule has 2 aromatic rings. The van der Waals surface area contributed by atoms with Crippen molar-refractivity contribution in [2.45, 2.75) is 6.92 Å². The Labute approximate surface area is 121 Å². The van der Waals surface area contributed by atoms with E-state index in [0.29, 0.717) is 22.6 Å². The number of ether oxygens (including phenoxy) is 2. The van der Waals surface area contributed by atoms with Gasteiger partial charge in [-0.1, -0.05) is 0 Å². The highest BCUT2D eigenvalue weighted by molar-refractivity contribution is 5.75. The number of carbonyl (C=O) groups excluding carboxylic acids is 1. The Morgan fingerprint density at radius 3 is 2.43 bits per heavy atom. The van der Waals surface area contributed by atoms with Gasteiger partial charge in [0.1, 0.15) is 17.8 Å². The van der Waals surface area contributed by atoms with Crippen LogP contribution in [0.3, 0.4) is 0 Å². The van der Waals surface area contributed by atoms with E-state index in [1.54, 1.807) is 31.2 Å². The number of carbonyl (C=O) groups is 1. The van der Waals surface area contributed by atoms with Crippen LogP contribution < -0.4 is 9.47 Å². The van der Waals surface area contributed by atoms with E-state index in [1.807, 2.05) is 0 Å². The van der Waals surface area contributed by atoms with Crippen LogP contribution >= 0.6 is 0 Å². The van der Waals surface area contributed by atoms with Crippen LogP contribution in [-0.4, -0.2) is 18.3 Å². The molecule has 0 fully saturated rings. The summed E-state index contributed by atoms with van der Waals surface area (Å²) in [6.45, 7) is 1.76. The first-order valence-corrected chi connectivity index (χ1v) is 6.11. The van der Waals surface area contributed by atoms with E-state index in [4.69, 9.17) is 9.47 Å². The smallest absolute Gasteiger partial charge is 0.315 e. The predicted octanol–water partition coefficient (Wildman–Crippen LogP) is 3.52. The first kappa shape index (κ1) is 14.5. The molecule has 2 aromatic carbocycles. The van der Waals surface area contributed by atoms with Crippen LogP contribution in [0.5, 0.6) is 17.2 Å². The molecular formula is C15H13NO5. The molecule has 0 heterocycles. The molecule has 0 aliphatic heterocycles. The van der Waals surface area contributed by atoms with Gasteiger partial charge < -0.3 is 9.47 Å². The molecule has 6 nitrogen and oxygen atoms in total. The minimum Gasteiger partial charge on any atom is -0.496 e. The molecule has 0 saturated carbocycles. The summed E-state index contributed by atoms with van der Waals surface area (Å²) in [5, 5.41) is 11.1. The number of nitro benzene ring substituents is 1. The molecule has 0 bridgehead atoms. The van der Waals surface area contributed by atoms with Gasteiger partial charge in [0.2, 0.25) is 5.75 Å². The second-order valence-corrected chi connectivity index (χ2v) is 4.34. The Balaban J connectivity index is 2.39. The summed E-state index contributed by atoms with van der Waals surface area (Å²) in [5.41, 5.74) is 1.04. The van der Waals surface area contributed by atoms with E-state index in [0.717, 1.165) is 6.29 Å². The van der Waals surface area contributed by atoms with Crippen molar-refractivity contribution >= 4 is 12.0 Å². The van der Waals surface area contributed by atoms with Gasteiger partial charge in [0, 0.05) is 5.56 Å². The van der Waals surface area contributed by atoms with Crippen LogP contribution in [-0.2, 0) is 0 Å². The molecule has 21 heavy (non-hydrogen) atoms. The third-order valence-corrected chi connectivity index (χ3v) is 2.92. The lowest BCUT2D eigenvalue weighted by Gasteiger charge is -2.10. The number of methoxy groups -OCH3 is 1. The van der Waals surface area contributed by atoms with Crippen molar-refractivity contribution < 1.29 is 19.2 Å². The first-order valence-electron chi connectivity index (χ1n) is 6.11. The Morgan fingerprint density at radius 2 is 1.86 bits per heavy atom. The van der Waals surface area contributed by atoms with Gasteiger partial charge in [-0.05, 0) is 42.8 Å². The monoisotopic (exact) mass is 287 g/mol. The van der Waals surface area contributed by atoms with Crippen molar-refractivity contribution in [2.24, 2.45) is 0 Å². The predicted molar refractivity (Wildman–Crippen MR) is 76.3 cm³/mol. The largest absolute Gasteiger partial charge is 0.496 e. The number of nitrogens with zero attached hydrogens (tertiary/aromatic N) is 1. The lowest BCUT2D eigenvalue weighted by Crippen LogP contribution is -1.96. The minimum atomic E-state index is -0.535. The molecule has 0 radical (unpaired) electrons. The van der Waals surface area contributed by atoms with E-state index in [9.17, 15) is 14.9 Å². The van der Waals surface area contributed by atoms with Gasteiger partial charge in [-0.25, -0.2) is 0 Å². The molecule has 0 N–H and O–H groups in total. The topological polar surface area (TPSA) is 78.7 Å². The van der Waals surface area contributed by atoms with Crippen molar-refractivity contribution in [2.75, 3.05) is 7.11 Å². The van der Waals surface area contributed by atoms with Crippen molar-refractivity contribution in [3.8, 4) is 17.2 Å². The van der Waals surface area contributed by atoms with Crippen LogP contribution in [0.2, 0.25) is 0 Å². The number of aldehydes is 1. The summed E-state index contributed by atoms with van der Waals surface area (Å²) in [4.78, 5) is 21.3. The summed E-state index contributed by atoms with van der Waals surface area (Å²) >= 11 is 0. The van der Waals surface area contributed by atoms with E-state index in [-0.39, 0.29) is 11.4 Å². The summed E-state index contributed by atoms with van der Waals surface area (Å²) < 4.78 is 10.6. The van der Waals surface area contributed by atoms with Crippen LogP contribution in [0.25, 0.3) is 0 Å². The standard InChI is InChI=1S/C15H13NO5/c1-10-7-11(9-17)3-5-14(10)21-15-6-4-12(20-2)8-13(15)16(18)19/h3-9H,1-2H3. The van der Waals surface area contributed by atoms with E-state index < -0.39 is 4.92 Å². The Bertz CT molecular complexity index is 696. The third kappa shape index (κ3) is 3.17. The lowest BCUT2D eigenvalue weighted by atomic mass is 10.1. The second-order valence-electron chi connectivity index (χ2n) is 4.34. The molecular weight excluding hydrogens is 274 g/mol. The number of nitro groups is 1. The van der Waals surface area contributed by atoms with Crippen molar-refractivity contribution in [1.82, 2.24) is 0 Å². The number of rotatable bonds is 5. The third-order valence-electron chi connectivity index (χ3n) is 2.92. The highest BCUT2D eigenvalue weighted by Gasteiger charge is 2.18. The molecule has 0 amide bonds. The number of benzene rings is 2. The quantitative estimate of drug-likeness (QED) is 0.477. The Hall–Kier alpha value is -2.89. The maximum absolute atomic E-state index is 11.1. The molecule has 2 rings (SSSR count). The van der Waals surface area contributed by atoms with Gasteiger partial charge in [0.25, 0.3) is 0 Å². The molecule has 0 saturated heterocycles. The van der Waals surface area contributed by atoms with Gasteiger partial charge >= 0.3 is 5.69 Å². The molecule has 6 heteroatoms. The molecule has 108 valence electrons. The van der Waals surface area contributed by atoms with Crippen molar-refractivity contribution in [3.63, 3.8) is 0 Å². The summed E-state index contributed by atoms with van der Waals surface area (Å²) in [6, 6.07) is 9.20. The Kier molecular flexibility index (Phi) is 4.18. The first-order chi connectivity index (χ1) is 10.0. The van der Waals surface area contributed by atoms with E-state index in [1.165, 1.54) is 19.2 Å². The number of hydrogen-bond donors (Lipinski definition) is 0.